The summed E-state index contributed by atoms with van der Waals surface area (Å²) >= 11 is 0. The molecule has 156 valence electrons. The molecule has 1 saturated carbocycles. The minimum Gasteiger partial charge on any atom is -0.360 e. The Kier molecular flexibility index (Phi) is 12.5. The molecule has 4 unspecified atom stereocenters. The molecule has 0 saturated heterocycles. The quantitative estimate of drug-likeness (QED) is 0.137. The van der Waals surface area contributed by atoms with E-state index in [2.05, 4.69) is 58.3 Å². The van der Waals surface area contributed by atoms with Crippen molar-refractivity contribution in [3.05, 3.63) is 12.8 Å². The van der Waals surface area contributed by atoms with E-state index in [1.807, 2.05) is 39.3 Å². The van der Waals surface area contributed by atoms with Crippen LogP contribution in [0.2, 0.25) is 0 Å². The molecule has 0 heterocycles. The van der Waals surface area contributed by atoms with Crippen molar-refractivity contribution in [1.29, 1.82) is 0 Å². The predicted octanol–water partition coefficient (Wildman–Crippen LogP) is 7.71. The van der Waals surface area contributed by atoms with E-state index in [-0.39, 0.29) is 14.9 Å². The molecule has 0 amide bonds. The van der Waals surface area contributed by atoms with E-state index < -0.39 is 9.83 Å². The number of unbranched alkanes of at least 4 members (excludes halogenated alkanes) is 3. The molecule has 1 aliphatic rings. The Bertz CT molecular complexity index is 434. The molecular formula is C19H36OS6-2. The van der Waals surface area contributed by atoms with Gasteiger partial charge in [0.25, 0.3) is 0 Å². The average molecular weight is 473 g/mol. The first kappa shape index (κ1) is 25.9. The van der Waals surface area contributed by atoms with Gasteiger partial charge in [-0.1, -0.05) is 88.1 Å². The van der Waals surface area contributed by atoms with Crippen molar-refractivity contribution in [3.8, 4) is 0 Å². The third-order valence-corrected chi connectivity index (χ3v) is 15.6. The van der Waals surface area contributed by atoms with Crippen LogP contribution in [0.15, 0.2) is 0 Å². The van der Waals surface area contributed by atoms with Gasteiger partial charge in [0.05, 0.1) is 9.83 Å². The largest absolute Gasteiger partial charge is 0.360 e. The highest BCUT2D eigenvalue weighted by molar-refractivity contribution is 8.77. The maximum Gasteiger partial charge on any atom is 0.0807 e. The van der Waals surface area contributed by atoms with E-state index in [0.29, 0.717) is 0 Å². The highest BCUT2D eigenvalue weighted by Gasteiger charge is 2.69. The maximum absolute atomic E-state index is 12.6. The first-order valence-electron chi connectivity index (χ1n) is 9.57. The maximum atomic E-state index is 12.6. The monoisotopic (exact) mass is 472 g/mol. The van der Waals surface area contributed by atoms with E-state index in [4.69, 9.17) is 0 Å². The number of hydrogen-bond acceptors (Lipinski definition) is 6. The Morgan fingerprint density at radius 1 is 1.08 bits per heavy atom. The van der Waals surface area contributed by atoms with E-state index >= 15 is 0 Å². The second-order valence-corrected chi connectivity index (χ2v) is 16.6. The van der Waals surface area contributed by atoms with Gasteiger partial charge in [0.15, 0.2) is 0 Å². The second-order valence-electron chi connectivity index (χ2n) is 7.04. The normalized spacial score (nSPS) is 32.4. The van der Waals surface area contributed by atoms with Crippen LogP contribution in [-0.4, -0.2) is 36.7 Å². The summed E-state index contributed by atoms with van der Waals surface area (Å²) in [5, 5.41) is 0. The third-order valence-electron chi connectivity index (χ3n) is 5.39. The first-order chi connectivity index (χ1) is 12.3. The SMILES string of the molecule is C[CH-]C[CH-]CCC1(C)C(C)(SSCC)CC1(CSSCC)SS(=O)CC. The van der Waals surface area contributed by atoms with Crippen LogP contribution in [0.3, 0.4) is 0 Å². The standard InChI is InChI=1S/C19H36OS6/c1-7-11-12-13-14-17(5)18(6,24-22-9-3)15-19(17,16-23-21-8-2)25-26(20)10-4/h7,12H,8-11,13-16H2,1-6H3/q-2. The van der Waals surface area contributed by atoms with Crippen LogP contribution < -0.4 is 0 Å². The van der Waals surface area contributed by atoms with Gasteiger partial charge >= 0.3 is 0 Å². The van der Waals surface area contributed by atoms with Gasteiger partial charge in [-0.25, -0.2) is 4.21 Å². The van der Waals surface area contributed by atoms with Crippen molar-refractivity contribution < 1.29 is 4.21 Å². The minimum atomic E-state index is -0.783. The zero-order valence-electron chi connectivity index (χ0n) is 17.2. The molecule has 7 heteroatoms. The van der Waals surface area contributed by atoms with Gasteiger partial charge in [0.1, 0.15) is 0 Å². The topological polar surface area (TPSA) is 17.1 Å². The smallest absolute Gasteiger partial charge is 0.0807 e. The van der Waals surface area contributed by atoms with Crippen molar-refractivity contribution in [2.45, 2.75) is 76.7 Å². The van der Waals surface area contributed by atoms with E-state index in [0.717, 1.165) is 35.9 Å². The Hall–Kier alpha value is 1.90. The van der Waals surface area contributed by atoms with E-state index in [1.165, 1.54) is 12.8 Å². The van der Waals surface area contributed by atoms with Gasteiger partial charge in [0.2, 0.25) is 0 Å². The van der Waals surface area contributed by atoms with Crippen LogP contribution >= 0.6 is 54.0 Å². The van der Waals surface area contributed by atoms with Crippen molar-refractivity contribution in [2.24, 2.45) is 5.41 Å². The van der Waals surface area contributed by atoms with Crippen LogP contribution in [0.5, 0.6) is 0 Å². The highest BCUT2D eigenvalue weighted by Crippen LogP contribution is 2.73. The zero-order chi connectivity index (χ0) is 19.7. The molecule has 0 aromatic carbocycles. The summed E-state index contributed by atoms with van der Waals surface area (Å²) in [6.07, 6.45) is 9.25. The Labute approximate surface area is 184 Å². The summed E-state index contributed by atoms with van der Waals surface area (Å²) in [4.78, 5) is 0. The summed E-state index contributed by atoms with van der Waals surface area (Å²) in [5.41, 5.74) is 0.202. The molecule has 1 aliphatic carbocycles. The minimum absolute atomic E-state index is 0.126. The predicted molar refractivity (Wildman–Crippen MR) is 135 cm³/mol. The molecule has 1 nitrogen and oxygen atoms in total. The van der Waals surface area contributed by atoms with Gasteiger partial charge in [-0.3, -0.25) is 0 Å². The van der Waals surface area contributed by atoms with Crippen LogP contribution in [-0.2, 0) is 9.83 Å². The van der Waals surface area contributed by atoms with E-state index in [9.17, 15) is 4.21 Å². The van der Waals surface area contributed by atoms with E-state index in [1.54, 1.807) is 10.8 Å². The molecule has 1 fully saturated rings. The molecule has 1 rings (SSSR count). The van der Waals surface area contributed by atoms with Crippen molar-refractivity contribution in [2.75, 3.05) is 23.0 Å². The average Bonchev–Trinajstić information content (AvgIpc) is 2.63. The Balaban J connectivity index is 3.03. The fraction of sp³-hybridized carbons (Fsp3) is 0.895. The van der Waals surface area contributed by atoms with Gasteiger partial charge < -0.3 is 19.3 Å². The van der Waals surface area contributed by atoms with Gasteiger partial charge in [-0.15, -0.1) is 0 Å². The lowest BCUT2D eigenvalue weighted by atomic mass is 9.51. The Morgan fingerprint density at radius 2 is 1.77 bits per heavy atom. The molecular weight excluding hydrogens is 437 g/mol. The van der Waals surface area contributed by atoms with Crippen LogP contribution in [0.4, 0.5) is 0 Å². The Morgan fingerprint density at radius 3 is 2.35 bits per heavy atom. The molecule has 26 heavy (non-hydrogen) atoms. The van der Waals surface area contributed by atoms with Crippen LogP contribution in [0, 0.1) is 18.3 Å². The van der Waals surface area contributed by atoms with Gasteiger partial charge in [0, 0.05) is 32.5 Å². The highest BCUT2D eigenvalue weighted by atomic mass is 33.1. The number of hydrogen-bond donors (Lipinski definition) is 0. The molecule has 0 aromatic heterocycles. The lowest BCUT2D eigenvalue weighted by Gasteiger charge is -2.68. The van der Waals surface area contributed by atoms with Crippen LogP contribution in [0.25, 0.3) is 0 Å². The number of rotatable bonds is 15. The molecule has 0 aliphatic heterocycles. The molecule has 0 bridgehead atoms. The van der Waals surface area contributed by atoms with Crippen molar-refractivity contribution in [3.63, 3.8) is 0 Å². The molecule has 0 N–H and O–H groups in total. The molecule has 0 spiro atoms. The van der Waals surface area contributed by atoms with Crippen molar-refractivity contribution >= 4 is 63.8 Å². The van der Waals surface area contributed by atoms with Crippen LogP contribution in [0.1, 0.15) is 67.2 Å². The molecule has 0 radical (unpaired) electrons. The lowest BCUT2D eigenvalue weighted by Crippen LogP contribution is -2.69. The first-order valence-corrected chi connectivity index (χ1v) is 17.0. The zero-order valence-corrected chi connectivity index (χ0v) is 22.1. The van der Waals surface area contributed by atoms with Gasteiger partial charge in [-0.2, -0.15) is 13.3 Å². The molecule has 4 atom stereocenters. The fourth-order valence-electron chi connectivity index (χ4n) is 3.60. The lowest BCUT2D eigenvalue weighted by molar-refractivity contribution is 0.0411. The summed E-state index contributed by atoms with van der Waals surface area (Å²) in [5.74, 6) is 4.13. The summed E-state index contributed by atoms with van der Waals surface area (Å²) in [7, 11) is 9.01. The second kappa shape index (κ2) is 12.6. The summed E-state index contributed by atoms with van der Waals surface area (Å²) in [6, 6.07) is 0. The molecule has 0 aromatic rings. The summed E-state index contributed by atoms with van der Waals surface area (Å²) < 4.78 is 13.0. The summed E-state index contributed by atoms with van der Waals surface area (Å²) in [6.45, 7) is 13.6. The van der Waals surface area contributed by atoms with Gasteiger partial charge in [-0.05, 0) is 18.8 Å². The fourth-order valence-corrected chi connectivity index (χ4v) is 13.5. The van der Waals surface area contributed by atoms with Crippen molar-refractivity contribution in [1.82, 2.24) is 0 Å². The third kappa shape index (κ3) is 6.20.